The van der Waals surface area contributed by atoms with E-state index < -0.39 is 0 Å². The Kier molecular flexibility index (Phi) is 3.04. The molecule has 108 valence electrons. The molecule has 3 heteroatoms. The van der Waals surface area contributed by atoms with Gasteiger partial charge in [-0.2, -0.15) is 0 Å². The number of nitrogens with zero attached hydrogens (tertiary/aromatic N) is 2. The molecule has 3 nitrogen and oxygen atoms in total. The average molecular weight is 288 g/mol. The van der Waals surface area contributed by atoms with Gasteiger partial charge in [-0.05, 0) is 60.5 Å². The fourth-order valence-corrected chi connectivity index (χ4v) is 2.60. The zero-order valence-corrected chi connectivity index (χ0v) is 12.4. The van der Waals surface area contributed by atoms with Gasteiger partial charge in [-0.1, -0.05) is 13.0 Å². The summed E-state index contributed by atoms with van der Waals surface area (Å²) in [7, 11) is 0. The molecule has 0 fully saturated rings. The Morgan fingerprint density at radius 1 is 1.00 bits per heavy atom. The Hall–Kier alpha value is -2.81. The number of hydrogen-bond donors (Lipinski definition) is 0. The summed E-state index contributed by atoms with van der Waals surface area (Å²) in [5, 5.41) is 0. The van der Waals surface area contributed by atoms with E-state index in [2.05, 4.69) is 40.7 Å². The Morgan fingerprint density at radius 3 is 2.50 bits per heavy atom. The summed E-state index contributed by atoms with van der Waals surface area (Å²) in [5.74, 6) is 0.669. The summed E-state index contributed by atoms with van der Waals surface area (Å²) in [5.41, 5.74) is 5.14. The van der Waals surface area contributed by atoms with Crippen molar-refractivity contribution in [2.24, 2.45) is 0 Å². The lowest BCUT2D eigenvalue weighted by Gasteiger charge is -2.03. The number of oxazole rings is 1. The van der Waals surface area contributed by atoms with Crippen LogP contribution in [0.15, 0.2) is 71.4 Å². The molecule has 0 aliphatic rings. The highest BCUT2D eigenvalue weighted by Gasteiger charge is 2.08. The first-order valence-corrected chi connectivity index (χ1v) is 7.47. The largest absolute Gasteiger partial charge is 0.436 e. The monoisotopic (exact) mass is 288 g/mol. The number of fused-ring (bicyclic) bond motifs is 1. The zero-order chi connectivity index (χ0) is 14.9. The fourth-order valence-electron chi connectivity index (χ4n) is 2.60. The first-order chi connectivity index (χ1) is 10.8. The van der Waals surface area contributed by atoms with E-state index in [9.17, 15) is 0 Å². The summed E-state index contributed by atoms with van der Waals surface area (Å²) >= 11 is 0. The second-order valence-corrected chi connectivity index (χ2v) is 5.31. The molecule has 0 radical (unpaired) electrons. The van der Waals surface area contributed by atoms with Crippen LogP contribution in [-0.2, 0) is 6.42 Å². The summed E-state index contributed by atoms with van der Waals surface area (Å²) in [6, 6.07) is 18.4. The number of rotatable bonds is 3. The van der Waals surface area contributed by atoms with E-state index in [0.29, 0.717) is 5.89 Å². The van der Waals surface area contributed by atoms with Gasteiger partial charge in [0.25, 0.3) is 0 Å². The van der Waals surface area contributed by atoms with Crippen LogP contribution in [0.2, 0.25) is 0 Å². The summed E-state index contributed by atoms with van der Waals surface area (Å²) < 4.78 is 7.94. The molecule has 4 aromatic rings. The topological polar surface area (TPSA) is 31.0 Å². The van der Waals surface area contributed by atoms with Gasteiger partial charge >= 0.3 is 0 Å². The second kappa shape index (κ2) is 5.19. The van der Waals surface area contributed by atoms with Crippen LogP contribution in [0.25, 0.3) is 28.2 Å². The second-order valence-electron chi connectivity index (χ2n) is 5.31. The minimum Gasteiger partial charge on any atom is -0.436 e. The first kappa shape index (κ1) is 12.9. The minimum atomic E-state index is 0.669. The van der Waals surface area contributed by atoms with Crippen molar-refractivity contribution in [2.75, 3.05) is 0 Å². The van der Waals surface area contributed by atoms with Crippen LogP contribution in [0, 0.1) is 0 Å². The number of aromatic nitrogens is 2. The number of hydrogen-bond acceptors (Lipinski definition) is 2. The van der Waals surface area contributed by atoms with Crippen LogP contribution in [0.5, 0.6) is 0 Å². The fraction of sp³-hybridized carbons (Fsp3) is 0.105. The average Bonchev–Trinajstić information content (AvgIpc) is 3.23. The molecule has 0 amide bonds. The Bertz CT molecular complexity index is 902. The van der Waals surface area contributed by atoms with Gasteiger partial charge in [-0.15, -0.1) is 0 Å². The van der Waals surface area contributed by atoms with Gasteiger partial charge in [0.05, 0.1) is 0 Å². The predicted molar refractivity (Wildman–Crippen MR) is 88.2 cm³/mol. The third-order valence-corrected chi connectivity index (χ3v) is 3.88. The summed E-state index contributed by atoms with van der Waals surface area (Å²) in [6.45, 7) is 2.14. The van der Waals surface area contributed by atoms with E-state index in [-0.39, 0.29) is 0 Å². The van der Waals surface area contributed by atoms with Crippen LogP contribution in [0.3, 0.4) is 0 Å². The highest BCUT2D eigenvalue weighted by Crippen LogP contribution is 2.26. The number of benzene rings is 2. The Balaban J connectivity index is 1.72. The molecule has 2 aromatic heterocycles. The van der Waals surface area contributed by atoms with Gasteiger partial charge in [0, 0.05) is 23.6 Å². The van der Waals surface area contributed by atoms with Crippen LogP contribution in [0.4, 0.5) is 0 Å². The maximum atomic E-state index is 5.87. The molecule has 0 saturated carbocycles. The smallest absolute Gasteiger partial charge is 0.227 e. The van der Waals surface area contributed by atoms with Gasteiger partial charge in [-0.3, -0.25) is 0 Å². The van der Waals surface area contributed by atoms with Crippen LogP contribution < -0.4 is 0 Å². The van der Waals surface area contributed by atoms with Crippen LogP contribution in [-0.4, -0.2) is 9.55 Å². The minimum absolute atomic E-state index is 0.669. The quantitative estimate of drug-likeness (QED) is 0.539. The van der Waals surface area contributed by atoms with Crippen LogP contribution >= 0.6 is 0 Å². The van der Waals surface area contributed by atoms with Crippen molar-refractivity contribution in [1.82, 2.24) is 9.55 Å². The van der Waals surface area contributed by atoms with Crippen molar-refractivity contribution >= 4 is 11.1 Å². The lowest BCUT2D eigenvalue weighted by atomic mass is 10.1. The lowest BCUT2D eigenvalue weighted by Crippen LogP contribution is -1.88. The summed E-state index contributed by atoms with van der Waals surface area (Å²) in [4.78, 5) is 4.61. The van der Waals surface area contributed by atoms with E-state index in [1.807, 2.05) is 42.7 Å². The third-order valence-electron chi connectivity index (χ3n) is 3.88. The van der Waals surface area contributed by atoms with E-state index in [1.165, 1.54) is 5.56 Å². The van der Waals surface area contributed by atoms with Gasteiger partial charge < -0.3 is 8.98 Å². The maximum Gasteiger partial charge on any atom is 0.227 e. The molecule has 0 aliphatic carbocycles. The van der Waals surface area contributed by atoms with E-state index >= 15 is 0 Å². The lowest BCUT2D eigenvalue weighted by molar-refractivity contribution is 0.620. The molecule has 0 spiro atoms. The van der Waals surface area contributed by atoms with Gasteiger partial charge in [-0.25, -0.2) is 4.98 Å². The normalized spacial score (nSPS) is 11.1. The molecule has 2 heterocycles. The third kappa shape index (κ3) is 2.21. The molecular weight excluding hydrogens is 272 g/mol. The van der Waals surface area contributed by atoms with E-state index in [0.717, 1.165) is 28.8 Å². The van der Waals surface area contributed by atoms with Gasteiger partial charge in [0.15, 0.2) is 5.58 Å². The van der Waals surface area contributed by atoms with Crippen molar-refractivity contribution in [3.8, 4) is 17.1 Å². The molecule has 0 unspecified atom stereocenters. The van der Waals surface area contributed by atoms with Crippen molar-refractivity contribution in [1.29, 1.82) is 0 Å². The Morgan fingerprint density at radius 2 is 1.77 bits per heavy atom. The maximum absolute atomic E-state index is 5.87. The molecular formula is C19H16N2O. The molecule has 0 bridgehead atoms. The van der Waals surface area contributed by atoms with Gasteiger partial charge in [0.2, 0.25) is 5.89 Å². The molecule has 0 N–H and O–H groups in total. The first-order valence-electron chi connectivity index (χ1n) is 7.47. The van der Waals surface area contributed by atoms with Crippen molar-refractivity contribution in [2.45, 2.75) is 13.3 Å². The van der Waals surface area contributed by atoms with Crippen molar-refractivity contribution < 1.29 is 4.42 Å². The highest BCUT2D eigenvalue weighted by atomic mass is 16.3. The zero-order valence-electron chi connectivity index (χ0n) is 12.4. The standard InChI is InChI=1S/C19H16N2O/c1-2-14-5-10-18-17(13-14)20-19(22-18)15-6-8-16(9-7-15)21-11-3-4-12-21/h3-13H,2H2,1H3. The van der Waals surface area contributed by atoms with Gasteiger partial charge in [0.1, 0.15) is 5.52 Å². The van der Waals surface area contributed by atoms with Crippen molar-refractivity contribution in [3.63, 3.8) is 0 Å². The predicted octanol–water partition coefficient (Wildman–Crippen LogP) is 4.85. The SMILES string of the molecule is CCc1ccc2oc(-c3ccc(-n4cccc4)cc3)nc2c1. The number of aryl methyl sites for hydroxylation is 1. The van der Waals surface area contributed by atoms with E-state index in [1.54, 1.807) is 0 Å². The Labute approximate surface area is 128 Å². The highest BCUT2D eigenvalue weighted by molar-refractivity contribution is 5.77. The summed E-state index contributed by atoms with van der Waals surface area (Å²) in [6.07, 6.45) is 5.06. The van der Waals surface area contributed by atoms with Crippen LogP contribution in [0.1, 0.15) is 12.5 Å². The molecule has 2 aromatic carbocycles. The molecule has 4 rings (SSSR count). The molecule has 0 aliphatic heterocycles. The molecule has 0 saturated heterocycles. The molecule has 0 atom stereocenters. The molecule has 22 heavy (non-hydrogen) atoms. The van der Waals surface area contributed by atoms with E-state index in [4.69, 9.17) is 4.42 Å². The van der Waals surface area contributed by atoms with Crippen molar-refractivity contribution in [3.05, 3.63) is 72.6 Å².